The molecule has 10 heteroatoms. The summed E-state index contributed by atoms with van der Waals surface area (Å²) in [7, 11) is -3.90. The monoisotopic (exact) mass is 425 g/mol. The number of nitrogens with zero attached hydrogens (tertiary/aromatic N) is 2. The third kappa shape index (κ3) is 4.99. The van der Waals surface area contributed by atoms with Crippen molar-refractivity contribution < 1.29 is 18.1 Å². The first-order valence-corrected chi connectivity index (χ1v) is 10.6. The fraction of sp³-hybridized carbons (Fsp3) is 0.278. The first kappa shape index (κ1) is 21.6. The Morgan fingerprint density at radius 1 is 1.29 bits per heavy atom. The molecule has 1 atom stereocenters. The average Bonchev–Trinajstić information content (AvgIpc) is 2.61. The van der Waals surface area contributed by atoms with Gasteiger partial charge in [0.15, 0.2) is 0 Å². The van der Waals surface area contributed by atoms with Gasteiger partial charge in [-0.1, -0.05) is 30.7 Å². The average molecular weight is 426 g/mol. The van der Waals surface area contributed by atoms with E-state index in [1.807, 2.05) is 0 Å². The molecule has 0 spiro atoms. The summed E-state index contributed by atoms with van der Waals surface area (Å²) in [5.74, 6) is -0.565. The predicted octanol–water partition coefficient (Wildman–Crippen LogP) is 3.74. The molecule has 1 N–H and O–H groups in total. The van der Waals surface area contributed by atoms with Gasteiger partial charge in [-0.2, -0.15) is 0 Å². The minimum atomic E-state index is -3.90. The van der Waals surface area contributed by atoms with E-state index >= 15 is 0 Å². The zero-order chi connectivity index (χ0) is 21.1. The number of rotatable bonds is 7. The van der Waals surface area contributed by atoms with Gasteiger partial charge in [0.25, 0.3) is 5.69 Å². The number of benzene rings is 2. The normalized spacial score (nSPS) is 12.3. The molecule has 2 rings (SSSR count). The fourth-order valence-electron chi connectivity index (χ4n) is 2.75. The Morgan fingerprint density at radius 2 is 1.96 bits per heavy atom. The molecule has 0 saturated heterocycles. The Kier molecular flexibility index (Phi) is 6.63. The van der Waals surface area contributed by atoms with Crippen molar-refractivity contribution in [1.82, 2.24) is 0 Å². The molecule has 2 aromatic carbocycles. The standard InChI is InChI=1S/C18H20ClN3O5S/c1-4-17(18(23)20-16-10-13(19)9-8-12(16)2)21(28(3,26)27)14-6-5-7-15(11-14)22(24)25/h5-11,17H,4H2,1-3H3,(H,20,23)/t17-/m1/s1. The van der Waals surface area contributed by atoms with Crippen LogP contribution >= 0.6 is 11.6 Å². The predicted molar refractivity (Wildman–Crippen MR) is 109 cm³/mol. The van der Waals surface area contributed by atoms with E-state index in [0.717, 1.165) is 22.2 Å². The molecule has 28 heavy (non-hydrogen) atoms. The molecule has 0 aliphatic carbocycles. The third-order valence-corrected chi connectivity index (χ3v) is 5.50. The molecule has 0 aliphatic heterocycles. The fourth-order valence-corrected chi connectivity index (χ4v) is 4.12. The first-order valence-electron chi connectivity index (χ1n) is 8.35. The van der Waals surface area contributed by atoms with Gasteiger partial charge < -0.3 is 5.32 Å². The number of nitro groups is 1. The van der Waals surface area contributed by atoms with Crippen LogP contribution in [0, 0.1) is 17.0 Å². The largest absolute Gasteiger partial charge is 0.324 e. The summed E-state index contributed by atoms with van der Waals surface area (Å²) in [6.07, 6.45) is 1.10. The van der Waals surface area contributed by atoms with E-state index < -0.39 is 26.9 Å². The van der Waals surface area contributed by atoms with E-state index in [1.165, 1.54) is 18.2 Å². The summed E-state index contributed by atoms with van der Waals surface area (Å²) in [5.41, 5.74) is 0.992. The van der Waals surface area contributed by atoms with Crippen LogP contribution in [0.2, 0.25) is 5.02 Å². The van der Waals surface area contributed by atoms with E-state index in [2.05, 4.69) is 5.32 Å². The number of nitrogens with one attached hydrogen (secondary N) is 1. The number of anilines is 2. The number of aryl methyl sites for hydroxylation is 1. The van der Waals surface area contributed by atoms with Crippen molar-refractivity contribution >= 4 is 44.6 Å². The summed E-state index contributed by atoms with van der Waals surface area (Å²) < 4.78 is 25.8. The minimum Gasteiger partial charge on any atom is -0.324 e. The first-order chi connectivity index (χ1) is 13.0. The number of halogens is 1. The van der Waals surface area contributed by atoms with Crippen molar-refractivity contribution in [2.45, 2.75) is 26.3 Å². The summed E-state index contributed by atoms with van der Waals surface area (Å²) in [6, 6.07) is 9.03. The molecule has 2 aromatic rings. The molecular weight excluding hydrogens is 406 g/mol. The second kappa shape index (κ2) is 8.57. The zero-order valence-electron chi connectivity index (χ0n) is 15.5. The smallest absolute Gasteiger partial charge is 0.271 e. The number of sulfonamides is 1. The Balaban J connectivity index is 2.46. The highest BCUT2D eigenvalue weighted by Crippen LogP contribution is 2.27. The molecule has 0 bridgehead atoms. The Morgan fingerprint density at radius 3 is 2.54 bits per heavy atom. The van der Waals surface area contributed by atoms with Crippen LogP contribution in [0.25, 0.3) is 0 Å². The number of amides is 1. The van der Waals surface area contributed by atoms with E-state index in [1.54, 1.807) is 32.0 Å². The summed E-state index contributed by atoms with van der Waals surface area (Å²) in [5, 5.41) is 14.2. The van der Waals surface area contributed by atoms with Gasteiger partial charge in [-0.15, -0.1) is 0 Å². The second-order valence-electron chi connectivity index (χ2n) is 6.21. The van der Waals surface area contributed by atoms with Crippen molar-refractivity contribution in [2.24, 2.45) is 0 Å². The van der Waals surface area contributed by atoms with E-state index in [0.29, 0.717) is 10.7 Å². The molecule has 1 amide bonds. The Labute approximate surface area is 168 Å². The van der Waals surface area contributed by atoms with Crippen LogP contribution in [0.5, 0.6) is 0 Å². The maximum Gasteiger partial charge on any atom is 0.271 e. The van der Waals surface area contributed by atoms with Crippen LogP contribution in [-0.4, -0.2) is 31.5 Å². The highest BCUT2D eigenvalue weighted by atomic mass is 35.5. The van der Waals surface area contributed by atoms with Gasteiger partial charge in [0.1, 0.15) is 6.04 Å². The molecule has 0 heterocycles. The van der Waals surface area contributed by atoms with Crippen LogP contribution in [0.3, 0.4) is 0 Å². The van der Waals surface area contributed by atoms with Gasteiger partial charge in [-0.25, -0.2) is 8.42 Å². The summed E-state index contributed by atoms with van der Waals surface area (Å²) in [4.78, 5) is 23.3. The van der Waals surface area contributed by atoms with Crippen molar-refractivity contribution in [2.75, 3.05) is 15.9 Å². The molecule has 0 aliphatic rings. The SMILES string of the molecule is CC[C@H](C(=O)Nc1cc(Cl)ccc1C)N(c1cccc([N+](=O)[O-])c1)S(C)(=O)=O. The number of hydrogen-bond donors (Lipinski definition) is 1. The number of nitro benzene ring substituents is 1. The van der Waals surface area contributed by atoms with Crippen LogP contribution in [0.15, 0.2) is 42.5 Å². The zero-order valence-corrected chi connectivity index (χ0v) is 17.1. The number of carbonyl (C=O) groups excluding carboxylic acids is 1. The number of hydrogen-bond acceptors (Lipinski definition) is 5. The summed E-state index contributed by atoms with van der Waals surface area (Å²) in [6.45, 7) is 3.44. The second-order valence-corrected chi connectivity index (χ2v) is 8.50. The number of non-ortho nitro benzene ring substituents is 1. The molecule has 0 unspecified atom stereocenters. The third-order valence-electron chi connectivity index (χ3n) is 4.08. The van der Waals surface area contributed by atoms with Crippen molar-refractivity contribution in [3.63, 3.8) is 0 Å². The minimum absolute atomic E-state index is 0.0431. The summed E-state index contributed by atoms with van der Waals surface area (Å²) >= 11 is 5.97. The van der Waals surface area contributed by atoms with Crippen molar-refractivity contribution in [1.29, 1.82) is 0 Å². The van der Waals surface area contributed by atoms with Gasteiger partial charge in [0.2, 0.25) is 15.9 Å². The lowest BCUT2D eigenvalue weighted by molar-refractivity contribution is -0.384. The molecule has 0 saturated carbocycles. The van der Waals surface area contributed by atoms with Gasteiger partial charge >= 0.3 is 0 Å². The van der Waals surface area contributed by atoms with Crippen LogP contribution < -0.4 is 9.62 Å². The number of carbonyl (C=O) groups is 1. The van der Waals surface area contributed by atoms with E-state index in [-0.39, 0.29) is 17.8 Å². The van der Waals surface area contributed by atoms with Crippen molar-refractivity contribution in [3.05, 3.63) is 63.2 Å². The Bertz CT molecular complexity index is 1010. The van der Waals surface area contributed by atoms with Crippen LogP contribution in [-0.2, 0) is 14.8 Å². The maximum atomic E-state index is 12.9. The van der Waals surface area contributed by atoms with Gasteiger partial charge in [0.05, 0.1) is 16.9 Å². The lowest BCUT2D eigenvalue weighted by Crippen LogP contribution is -2.47. The van der Waals surface area contributed by atoms with Crippen LogP contribution in [0.4, 0.5) is 17.1 Å². The highest BCUT2D eigenvalue weighted by molar-refractivity contribution is 7.92. The molecule has 0 radical (unpaired) electrons. The molecule has 0 aromatic heterocycles. The maximum absolute atomic E-state index is 12.9. The van der Waals surface area contributed by atoms with Gasteiger partial charge in [-0.3, -0.25) is 19.2 Å². The quantitative estimate of drug-likeness (QED) is 0.536. The van der Waals surface area contributed by atoms with Crippen LogP contribution in [0.1, 0.15) is 18.9 Å². The van der Waals surface area contributed by atoms with Gasteiger partial charge in [-0.05, 0) is 37.1 Å². The van der Waals surface area contributed by atoms with E-state index in [4.69, 9.17) is 11.6 Å². The van der Waals surface area contributed by atoms with E-state index in [9.17, 15) is 23.3 Å². The highest BCUT2D eigenvalue weighted by Gasteiger charge is 2.32. The van der Waals surface area contributed by atoms with Crippen molar-refractivity contribution in [3.8, 4) is 0 Å². The Hall–Kier alpha value is -2.65. The molecule has 8 nitrogen and oxygen atoms in total. The topological polar surface area (TPSA) is 110 Å². The molecule has 150 valence electrons. The van der Waals surface area contributed by atoms with Gasteiger partial charge in [0, 0.05) is 22.8 Å². The molecule has 0 fully saturated rings. The molecular formula is C18H20ClN3O5S. The lowest BCUT2D eigenvalue weighted by Gasteiger charge is -2.30. The lowest BCUT2D eigenvalue weighted by atomic mass is 10.1.